The molecule has 0 bridgehead atoms. The van der Waals surface area contributed by atoms with E-state index in [0.29, 0.717) is 36.9 Å². The summed E-state index contributed by atoms with van der Waals surface area (Å²) in [6.45, 7) is 1.73. The second-order valence-corrected chi connectivity index (χ2v) is 5.31. The van der Waals surface area contributed by atoms with Gasteiger partial charge in [0.05, 0.1) is 6.61 Å². The molecule has 0 N–H and O–H groups in total. The average molecular weight is 266 g/mol. The van der Waals surface area contributed by atoms with E-state index >= 15 is 0 Å². The molecule has 0 spiro atoms. The minimum Gasteiger partial charge on any atom is -0.486 e. The molecule has 0 aliphatic carbocycles. The standard InChI is InChI=1S/C13H14O4S/c14-13(12-8-18-6-5-17-12)9-1-2-10-11(7-9)16-4-3-15-10/h1-2,7,12H,3-6,8H2. The molecule has 0 radical (unpaired) electrons. The maximum Gasteiger partial charge on any atom is 0.192 e. The Morgan fingerprint density at radius 1 is 1.17 bits per heavy atom. The molecule has 0 saturated carbocycles. The molecule has 1 unspecified atom stereocenters. The van der Waals surface area contributed by atoms with Gasteiger partial charge in [0.15, 0.2) is 17.3 Å². The first-order chi connectivity index (χ1) is 8.84. The Labute approximate surface area is 110 Å². The number of hydrogen-bond donors (Lipinski definition) is 0. The number of carbonyl (C=O) groups is 1. The number of carbonyl (C=O) groups excluding carboxylic acids is 1. The summed E-state index contributed by atoms with van der Waals surface area (Å²) in [4.78, 5) is 12.3. The second kappa shape index (κ2) is 5.20. The molecule has 1 aromatic carbocycles. The van der Waals surface area contributed by atoms with Gasteiger partial charge in [-0.2, -0.15) is 11.8 Å². The maximum absolute atomic E-state index is 12.3. The molecule has 0 aromatic heterocycles. The minimum absolute atomic E-state index is 0.0270. The zero-order valence-electron chi connectivity index (χ0n) is 9.89. The fourth-order valence-electron chi connectivity index (χ4n) is 2.02. The first kappa shape index (κ1) is 11.9. The molecule has 2 aliphatic heterocycles. The minimum atomic E-state index is -0.327. The first-order valence-electron chi connectivity index (χ1n) is 5.98. The summed E-state index contributed by atoms with van der Waals surface area (Å²) >= 11 is 1.75. The van der Waals surface area contributed by atoms with Crippen molar-refractivity contribution in [2.45, 2.75) is 6.10 Å². The van der Waals surface area contributed by atoms with Gasteiger partial charge in [0.1, 0.15) is 19.3 Å². The van der Waals surface area contributed by atoms with Gasteiger partial charge >= 0.3 is 0 Å². The number of benzene rings is 1. The summed E-state index contributed by atoms with van der Waals surface area (Å²) in [5.41, 5.74) is 0.631. The van der Waals surface area contributed by atoms with Crippen molar-refractivity contribution in [3.8, 4) is 11.5 Å². The molecular weight excluding hydrogens is 252 g/mol. The Balaban J connectivity index is 1.80. The van der Waals surface area contributed by atoms with Crippen LogP contribution in [0.4, 0.5) is 0 Å². The molecular formula is C13H14O4S. The molecule has 18 heavy (non-hydrogen) atoms. The van der Waals surface area contributed by atoms with Gasteiger partial charge in [-0.1, -0.05) is 0 Å². The number of ether oxygens (including phenoxy) is 3. The number of ketones is 1. The van der Waals surface area contributed by atoms with Gasteiger partial charge in [0, 0.05) is 17.1 Å². The van der Waals surface area contributed by atoms with E-state index in [0.717, 1.165) is 11.5 Å². The first-order valence-corrected chi connectivity index (χ1v) is 7.13. The smallest absolute Gasteiger partial charge is 0.192 e. The van der Waals surface area contributed by atoms with Crippen LogP contribution in [0.3, 0.4) is 0 Å². The van der Waals surface area contributed by atoms with Crippen LogP contribution in [0.15, 0.2) is 18.2 Å². The number of rotatable bonds is 2. The Kier molecular flexibility index (Phi) is 3.43. The third-order valence-electron chi connectivity index (χ3n) is 2.94. The normalized spacial score (nSPS) is 22.6. The maximum atomic E-state index is 12.3. The molecule has 3 rings (SSSR count). The van der Waals surface area contributed by atoms with E-state index in [-0.39, 0.29) is 11.9 Å². The van der Waals surface area contributed by atoms with Gasteiger partial charge in [-0.3, -0.25) is 4.79 Å². The summed E-state index contributed by atoms with van der Waals surface area (Å²) in [5, 5.41) is 0. The summed E-state index contributed by atoms with van der Waals surface area (Å²) < 4.78 is 16.4. The van der Waals surface area contributed by atoms with Crippen LogP contribution in [0.2, 0.25) is 0 Å². The quantitative estimate of drug-likeness (QED) is 0.763. The lowest BCUT2D eigenvalue weighted by atomic mass is 10.1. The molecule has 4 nitrogen and oxygen atoms in total. The van der Waals surface area contributed by atoms with Crippen molar-refractivity contribution < 1.29 is 19.0 Å². The van der Waals surface area contributed by atoms with E-state index in [1.54, 1.807) is 30.0 Å². The fourth-order valence-corrected chi connectivity index (χ4v) is 2.86. The predicted molar refractivity (Wildman–Crippen MR) is 68.8 cm³/mol. The Hall–Kier alpha value is -1.20. The van der Waals surface area contributed by atoms with Crippen molar-refractivity contribution in [2.24, 2.45) is 0 Å². The monoisotopic (exact) mass is 266 g/mol. The highest BCUT2D eigenvalue weighted by atomic mass is 32.2. The van der Waals surface area contributed by atoms with E-state index in [2.05, 4.69) is 0 Å². The van der Waals surface area contributed by atoms with Crippen molar-refractivity contribution in [1.29, 1.82) is 0 Å². The molecule has 2 heterocycles. The van der Waals surface area contributed by atoms with Crippen LogP contribution in [0.25, 0.3) is 0 Å². The summed E-state index contributed by atoms with van der Waals surface area (Å²) in [7, 11) is 0. The highest BCUT2D eigenvalue weighted by molar-refractivity contribution is 7.99. The predicted octanol–water partition coefficient (Wildman–Crippen LogP) is 1.77. The van der Waals surface area contributed by atoms with Crippen molar-refractivity contribution >= 4 is 17.5 Å². The lowest BCUT2D eigenvalue weighted by molar-refractivity contribution is 0.0518. The molecule has 1 fully saturated rings. The topological polar surface area (TPSA) is 44.8 Å². The second-order valence-electron chi connectivity index (χ2n) is 4.16. The number of fused-ring (bicyclic) bond motifs is 1. The lowest BCUT2D eigenvalue weighted by Crippen LogP contribution is -2.31. The van der Waals surface area contributed by atoms with E-state index in [1.165, 1.54) is 0 Å². The van der Waals surface area contributed by atoms with Gasteiger partial charge in [-0.15, -0.1) is 0 Å². The van der Waals surface area contributed by atoms with Crippen LogP contribution >= 0.6 is 11.8 Å². The zero-order chi connectivity index (χ0) is 12.4. The molecule has 96 valence electrons. The summed E-state index contributed by atoms with van der Waals surface area (Å²) in [6, 6.07) is 5.32. The largest absolute Gasteiger partial charge is 0.486 e. The Bertz CT molecular complexity index is 454. The average Bonchev–Trinajstić information content (AvgIpc) is 2.47. The van der Waals surface area contributed by atoms with Crippen molar-refractivity contribution in [2.75, 3.05) is 31.3 Å². The third-order valence-corrected chi connectivity index (χ3v) is 3.93. The van der Waals surface area contributed by atoms with Gasteiger partial charge in [0.2, 0.25) is 0 Å². The molecule has 1 atom stereocenters. The summed E-state index contributed by atoms with van der Waals surface area (Å²) in [5.74, 6) is 3.07. The van der Waals surface area contributed by atoms with Crippen LogP contribution in [0.1, 0.15) is 10.4 Å². The van der Waals surface area contributed by atoms with E-state index in [9.17, 15) is 4.79 Å². The fraction of sp³-hybridized carbons (Fsp3) is 0.462. The molecule has 1 saturated heterocycles. The summed E-state index contributed by atoms with van der Waals surface area (Å²) in [6.07, 6.45) is -0.327. The van der Waals surface area contributed by atoms with Crippen LogP contribution < -0.4 is 9.47 Å². The van der Waals surface area contributed by atoms with Crippen LogP contribution in [0.5, 0.6) is 11.5 Å². The third kappa shape index (κ3) is 2.33. The highest BCUT2D eigenvalue weighted by Crippen LogP contribution is 2.31. The number of thioether (sulfide) groups is 1. The van der Waals surface area contributed by atoms with Gasteiger partial charge < -0.3 is 14.2 Å². The van der Waals surface area contributed by atoms with Crippen molar-refractivity contribution in [3.63, 3.8) is 0 Å². The van der Waals surface area contributed by atoms with E-state index in [1.807, 2.05) is 0 Å². The number of Topliss-reactive ketones (excluding diaryl/α,β-unsaturated/α-hetero) is 1. The van der Waals surface area contributed by atoms with Crippen LogP contribution in [0, 0.1) is 0 Å². The van der Waals surface area contributed by atoms with Gasteiger partial charge in [-0.05, 0) is 18.2 Å². The molecule has 5 heteroatoms. The SMILES string of the molecule is O=C(c1ccc2c(c1)OCCO2)C1CSCCO1. The highest BCUT2D eigenvalue weighted by Gasteiger charge is 2.25. The van der Waals surface area contributed by atoms with Crippen molar-refractivity contribution in [3.05, 3.63) is 23.8 Å². The van der Waals surface area contributed by atoms with Gasteiger partial charge in [-0.25, -0.2) is 0 Å². The molecule has 0 amide bonds. The Morgan fingerprint density at radius 3 is 2.78 bits per heavy atom. The van der Waals surface area contributed by atoms with E-state index in [4.69, 9.17) is 14.2 Å². The van der Waals surface area contributed by atoms with Crippen LogP contribution in [-0.4, -0.2) is 43.2 Å². The molecule has 1 aromatic rings. The van der Waals surface area contributed by atoms with Crippen LogP contribution in [-0.2, 0) is 4.74 Å². The van der Waals surface area contributed by atoms with Crippen molar-refractivity contribution in [1.82, 2.24) is 0 Å². The number of hydrogen-bond acceptors (Lipinski definition) is 5. The van der Waals surface area contributed by atoms with E-state index < -0.39 is 0 Å². The van der Waals surface area contributed by atoms with Gasteiger partial charge in [0.25, 0.3) is 0 Å². The molecule has 2 aliphatic rings. The lowest BCUT2D eigenvalue weighted by Gasteiger charge is -2.22. The zero-order valence-corrected chi connectivity index (χ0v) is 10.7. The Morgan fingerprint density at radius 2 is 2.00 bits per heavy atom.